The van der Waals surface area contributed by atoms with Gasteiger partial charge >= 0.3 is 5.76 Å². The third kappa shape index (κ3) is 5.95. The molecule has 2 amide bonds. The molecule has 8 heteroatoms. The molecule has 0 saturated carbocycles. The molecule has 1 unspecified atom stereocenters. The molecule has 0 bridgehead atoms. The van der Waals surface area contributed by atoms with E-state index in [1.54, 1.807) is 10.6 Å². The van der Waals surface area contributed by atoms with Gasteiger partial charge in [-0.05, 0) is 39.3 Å². The Morgan fingerprint density at radius 3 is 2.70 bits per heavy atom. The molecule has 0 aliphatic carbocycles. The number of oxazole rings is 1. The largest absolute Gasteiger partial charge is 0.419 e. The Labute approximate surface area is 176 Å². The molecule has 30 heavy (non-hydrogen) atoms. The number of hydrogen-bond acceptors (Lipinski definition) is 4. The zero-order valence-corrected chi connectivity index (χ0v) is 18.2. The standard InChI is InChI=1S/C22H32N4O4/c1-22(2,3)23-19(27)16-24-11-7-12-25(15-14-24)20(28)10-6-13-26-17-8-4-5-9-18(17)30-21(26)29/h4-5,8-9H,6-7,10-16H2,1-3H3,(H,23,27)/p+1. The Morgan fingerprint density at radius 1 is 1.17 bits per heavy atom. The minimum absolute atomic E-state index is 0.0510. The van der Waals surface area contributed by atoms with E-state index < -0.39 is 0 Å². The van der Waals surface area contributed by atoms with Gasteiger partial charge in [0.1, 0.15) is 0 Å². The van der Waals surface area contributed by atoms with Crippen molar-refractivity contribution >= 4 is 22.9 Å². The lowest BCUT2D eigenvalue weighted by molar-refractivity contribution is -0.889. The number of carbonyl (C=O) groups excluding carboxylic acids is 2. The van der Waals surface area contributed by atoms with Gasteiger partial charge in [0.25, 0.3) is 5.91 Å². The zero-order chi connectivity index (χ0) is 21.7. The number of para-hydroxylation sites is 2. The normalized spacial score (nSPS) is 17.7. The van der Waals surface area contributed by atoms with Gasteiger partial charge in [-0.2, -0.15) is 0 Å². The molecule has 164 valence electrons. The number of nitrogens with one attached hydrogen (secondary N) is 2. The average molecular weight is 418 g/mol. The molecular formula is C22H33N4O4+. The van der Waals surface area contributed by atoms with Crippen LogP contribution in [0.5, 0.6) is 0 Å². The third-order valence-corrected chi connectivity index (χ3v) is 5.32. The van der Waals surface area contributed by atoms with E-state index in [1.165, 1.54) is 4.90 Å². The summed E-state index contributed by atoms with van der Waals surface area (Å²) < 4.78 is 6.83. The lowest BCUT2D eigenvalue weighted by Gasteiger charge is -2.23. The number of aryl methyl sites for hydroxylation is 1. The highest BCUT2D eigenvalue weighted by Crippen LogP contribution is 2.12. The molecule has 1 aromatic heterocycles. The van der Waals surface area contributed by atoms with Crippen LogP contribution >= 0.6 is 0 Å². The number of benzene rings is 1. The first-order valence-electron chi connectivity index (χ1n) is 10.7. The number of carbonyl (C=O) groups is 2. The van der Waals surface area contributed by atoms with E-state index in [0.717, 1.165) is 31.6 Å². The van der Waals surface area contributed by atoms with Crippen molar-refractivity contribution in [1.82, 2.24) is 14.8 Å². The molecule has 1 saturated heterocycles. The summed E-state index contributed by atoms with van der Waals surface area (Å²) in [7, 11) is 0. The van der Waals surface area contributed by atoms with E-state index in [4.69, 9.17) is 4.42 Å². The summed E-state index contributed by atoms with van der Waals surface area (Å²) in [5.74, 6) is -0.225. The van der Waals surface area contributed by atoms with E-state index in [0.29, 0.717) is 38.1 Å². The smallest absolute Gasteiger partial charge is 0.408 e. The first-order valence-corrected chi connectivity index (χ1v) is 10.7. The minimum Gasteiger partial charge on any atom is -0.408 e. The van der Waals surface area contributed by atoms with Gasteiger partial charge in [0.05, 0.1) is 25.2 Å². The topological polar surface area (TPSA) is 89.0 Å². The summed E-state index contributed by atoms with van der Waals surface area (Å²) in [6.07, 6.45) is 1.87. The fourth-order valence-electron chi connectivity index (χ4n) is 3.94. The second kappa shape index (κ2) is 9.47. The number of rotatable bonds is 6. The Bertz CT molecular complexity index is 940. The molecule has 2 aromatic rings. The molecule has 1 aromatic carbocycles. The lowest BCUT2D eigenvalue weighted by Crippen LogP contribution is -3.13. The van der Waals surface area contributed by atoms with Crippen LogP contribution < -0.4 is 16.0 Å². The van der Waals surface area contributed by atoms with Gasteiger partial charge in [-0.3, -0.25) is 14.2 Å². The molecule has 1 atom stereocenters. The summed E-state index contributed by atoms with van der Waals surface area (Å²) in [5, 5.41) is 3.00. The first-order chi connectivity index (χ1) is 14.2. The SMILES string of the molecule is CC(C)(C)NC(=O)C[NH+]1CCCN(C(=O)CCCn2c(=O)oc3ccccc32)CC1. The van der Waals surface area contributed by atoms with Gasteiger partial charge in [0, 0.05) is 31.5 Å². The fraction of sp³-hybridized carbons (Fsp3) is 0.591. The number of amides is 2. The fourth-order valence-corrected chi connectivity index (χ4v) is 3.94. The summed E-state index contributed by atoms with van der Waals surface area (Å²) in [6, 6.07) is 7.32. The van der Waals surface area contributed by atoms with E-state index in [2.05, 4.69) is 5.32 Å². The highest BCUT2D eigenvalue weighted by Gasteiger charge is 2.24. The lowest BCUT2D eigenvalue weighted by atomic mass is 10.1. The van der Waals surface area contributed by atoms with Gasteiger partial charge in [-0.25, -0.2) is 4.79 Å². The monoisotopic (exact) mass is 417 g/mol. The maximum absolute atomic E-state index is 12.7. The van der Waals surface area contributed by atoms with Gasteiger partial charge in [-0.15, -0.1) is 0 Å². The molecule has 1 aliphatic heterocycles. The number of aromatic nitrogens is 1. The van der Waals surface area contributed by atoms with Crippen LogP contribution in [0, 0.1) is 0 Å². The van der Waals surface area contributed by atoms with Crippen LogP contribution in [0.1, 0.15) is 40.0 Å². The van der Waals surface area contributed by atoms with Gasteiger partial charge in [0.15, 0.2) is 12.1 Å². The van der Waals surface area contributed by atoms with E-state index in [9.17, 15) is 14.4 Å². The highest BCUT2D eigenvalue weighted by atomic mass is 16.4. The Balaban J connectivity index is 1.46. The Morgan fingerprint density at radius 2 is 1.93 bits per heavy atom. The molecular weight excluding hydrogens is 384 g/mol. The molecule has 3 rings (SSSR count). The van der Waals surface area contributed by atoms with Crippen molar-refractivity contribution in [1.29, 1.82) is 0 Å². The van der Waals surface area contributed by atoms with Crippen LogP contribution in [0.4, 0.5) is 0 Å². The molecule has 0 radical (unpaired) electrons. The zero-order valence-electron chi connectivity index (χ0n) is 18.2. The van der Waals surface area contributed by atoms with Crippen molar-refractivity contribution < 1.29 is 18.9 Å². The summed E-state index contributed by atoms with van der Waals surface area (Å²) in [4.78, 5) is 40.0. The quantitative estimate of drug-likeness (QED) is 0.712. The van der Waals surface area contributed by atoms with Crippen LogP contribution in [0.3, 0.4) is 0 Å². The number of quaternary nitrogens is 1. The van der Waals surface area contributed by atoms with E-state index in [1.807, 2.05) is 43.9 Å². The minimum atomic E-state index is -0.383. The van der Waals surface area contributed by atoms with E-state index >= 15 is 0 Å². The van der Waals surface area contributed by atoms with Crippen molar-refractivity contribution in [2.24, 2.45) is 0 Å². The van der Waals surface area contributed by atoms with Gasteiger partial charge < -0.3 is 19.5 Å². The second-order valence-electron chi connectivity index (χ2n) is 9.05. The van der Waals surface area contributed by atoms with Crippen molar-refractivity contribution in [2.75, 3.05) is 32.7 Å². The second-order valence-corrected chi connectivity index (χ2v) is 9.05. The van der Waals surface area contributed by atoms with Crippen LogP contribution in [0.15, 0.2) is 33.5 Å². The third-order valence-electron chi connectivity index (χ3n) is 5.32. The number of hydrogen-bond donors (Lipinski definition) is 2. The Hall–Kier alpha value is -2.61. The first kappa shape index (κ1) is 22.1. The highest BCUT2D eigenvalue weighted by molar-refractivity contribution is 5.77. The maximum atomic E-state index is 12.7. The van der Waals surface area contributed by atoms with Crippen molar-refractivity contribution in [3.8, 4) is 0 Å². The number of fused-ring (bicyclic) bond motifs is 1. The van der Waals surface area contributed by atoms with Gasteiger partial charge in [-0.1, -0.05) is 12.1 Å². The predicted octanol–water partition coefficient (Wildman–Crippen LogP) is 0.407. The summed E-state index contributed by atoms with van der Waals surface area (Å²) in [6.45, 7) is 9.86. The van der Waals surface area contributed by atoms with Crippen LogP contribution in [-0.4, -0.2) is 59.5 Å². The molecule has 2 N–H and O–H groups in total. The molecule has 8 nitrogen and oxygen atoms in total. The van der Waals surface area contributed by atoms with Crippen molar-refractivity contribution in [3.05, 3.63) is 34.8 Å². The summed E-state index contributed by atoms with van der Waals surface area (Å²) in [5.41, 5.74) is 1.10. The summed E-state index contributed by atoms with van der Waals surface area (Å²) >= 11 is 0. The van der Waals surface area contributed by atoms with Crippen LogP contribution in [-0.2, 0) is 16.1 Å². The molecule has 1 aliphatic rings. The molecule has 0 spiro atoms. The number of nitrogens with zero attached hydrogens (tertiary/aromatic N) is 2. The average Bonchev–Trinajstić information content (AvgIpc) is 2.82. The van der Waals surface area contributed by atoms with Crippen molar-refractivity contribution in [3.63, 3.8) is 0 Å². The van der Waals surface area contributed by atoms with Crippen LogP contribution in [0.2, 0.25) is 0 Å². The Kier molecular flexibility index (Phi) is 6.97. The van der Waals surface area contributed by atoms with Crippen LogP contribution in [0.25, 0.3) is 11.1 Å². The molecule has 2 heterocycles. The van der Waals surface area contributed by atoms with E-state index in [-0.39, 0.29) is 23.1 Å². The van der Waals surface area contributed by atoms with Crippen molar-refractivity contribution in [2.45, 2.75) is 52.1 Å². The maximum Gasteiger partial charge on any atom is 0.419 e. The molecule has 1 fully saturated rings. The van der Waals surface area contributed by atoms with Gasteiger partial charge in [0.2, 0.25) is 5.91 Å². The predicted molar refractivity (Wildman–Crippen MR) is 114 cm³/mol.